The molecule has 2 aromatic heterocycles. The second kappa shape index (κ2) is 6.14. The van der Waals surface area contributed by atoms with E-state index in [1.807, 2.05) is 10.7 Å². The number of aromatic nitrogens is 3. The van der Waals surface area contributed by atoms with Crippen LogP contribution in [0.5, 0.6) is 0 Å². The smallest absolute Gasteiger partial charge is 0.255 e. The number of rotatable bonds is 3. The van der Waals surface area contributed by atoms with Crippen LogP contribution < -0.4 is 5.32 Å². The molecule has 0 spiro atoms. The van der Waals surface area contributed by atoms with Gasteiger partial charge < -0.3 is 5.32 Å². The van der Waals surface area contributed by atoms with Gasteiger partial charge in [-0.15, -0.1) is 0 Å². The molecule has 4 rings (SSSR count). The van der Waals surface area contributed by atoms with E-state index in [2.05, 4.69) is 16.5 Å². The van der Waals surface area contributed by atoms with Crippen LogP contribution in [-0.4, -0.2) is 20.7 Å². The number of carbonyl (C=O) groups excluding carboxylic acids is 1. The Balaban J connectivity index is 1.44. The maximum absolute atomic E-state index is 12.4. The number of pyridine rings is 1. The molecule has 3 heterocycles. The predicted molar refractivity (Wildman–Crippen MR) is 87.2 cm³/mol. The Labute approximate surface area is 136 Å². The monoisotopic (exact) mass is 310 g/mol. The van der Waals surface area contributed by atoms with Crippen LogP contribution in [-0.2, 0) is 32.4 Å². The molecule has 0 bridgehead atoms. The molecule has 2 aliphatic rings. The van der Waals surface area contributed by atoms with Crippen molar-refractivity contribution >= 4 is 5.91 Å². The van der Waals surface area contributed by atoms with Gasteiger partial charge in [-0.3, -0.25) is 14.5 Å². The van der Waals surface area contributed by atoms with Crippen LogP contribution >= 0.6 is 0 Å². The number of amides is 1. The van der Waals surface area contributed by atoms with E-state index in [1.54, 1.807) is 6.20 Å². The molecule has 5 nitrogen and oxygen atoms in total. The minimum atomic E-state index is -0.0346. The lowest BCUT2D eigenvalue weighted by Gasteiger charge is -2.16. The van der Waals surface area contributed by atoms with Crippen molar-refractivity contribution in [1.29, 1.82) is 0 Å². The Bertz CT molecular complexity index is 735. The number of aryl methyl sites for hydroxylation is 3. The van der Waals surface area contributed by atoms with Crippen molar-refractivity contribution in [2.45, 2.75) is 58.0 Å². The predicted octanol–water partition coefficient (Wildman–Crippen LogP) is 2.42. The Morgan fingerprint density at radius 2 is 2.00 bits per heavy atom. The molecule has 1 aliphatic heterocycles. The molecule has 0 atom stereocenters. The fraction of sp³-hybridized carbons (Fsp3) is 0.500. The lowest BCUT2D eigenvalue weighted by Crippen LogP contribution is -2.25. The van der Waals surface area contributed by atoms with Gasteiger partial charge in [0.25, 0.3) is 5.91 Å². The van der Waals surface area contributed by atoms with E-state index >= 15 is 0 Å². The summed E-state index contributed by atoms with van der Waals surface area (Å²) in [7, 11) is 0. The first kappa shape index (κ1) is 14.4. The van der Waals surface area contributed by atoms with Crippen LogP contribution in [0.15, 0.2) is 18.3 Å². The van der Waals surface area contributed by atoms with Crippen LogP contribution in [0.4, 0.5) is 0 Å². The zero-order chi connectivity index (χ0) is 15.6. The molecule has 0 unspecified atom stereocenters. The van der Waals surface area contributed by atoms with Crippen molar-refractivity contribution in [2.75, 3.05) is 0 Å². The molecular formula is C18H22N4O. The highest BCUT2D eigenvalue weighted by Crippen LogP contribution is 2.20. The van der Waals surface area contributed by atoms with E-state index in [9.17, 15) is 4.79 Å². The summed E-state index contributed by atoms with van der Waals surface area (Å²) in [6.07, 6.45) is 9.62. The summed E-state index contributed by atoms with van der Waals surface area (Å²) in [5.74, 6) is -0.0346. The van der Waals surface area contributed by atoms with Crippen LogP contribution in [0.1, 0.15) is 58.7 Å². The Kier molecular flexibility index (Phi) is 3.85. The van der Waals surface area contributed by atoms with Gasteiger partial charge in [-0.05, 0) is 56.6 Å². The molecule has 120 valence electrons. The minimum Gasteiger partial charge on any atom is -0.346 e. The van der Waals surface area contributed by atoms with Gasteiger partial charge in [0.15, 0.2) is 0 Å². The molecule has 1 amide bonds. The highest BCUT2D eigenvalue weighted by atomic mass is 16.1. The topological polar surface area (TPSA) is 59.8 Å². The summed E-state index contributed by atoms with van der Waals surface area (Å²) in [4.78, 5) is 17.2. The van der Waals surface area contributed by atoms with Gasteiger partial charge in [0.1, 0.15) is 0 Å². The van der Waals surface area contributed by atoms with E-state index in [1.165, 1.54) is 24.1 Å². The highest BCUT2D eigenvalue weighted by molar-refractivity contribution is 5.95. The van der Waals surface area contributed by atoms with Gasteiger partial charge in [0.2, 0.25) is 0 Å². The quantitative estimate of drug-likeness (QED) is 0.947. The summed E-state index contributed by atoms with van der Waals surface area (Å²) in [6.45, 7) is 1.41. The SMILES string of the molecule is O=C(NCc1ccc2c(n1)CCCC2)c1cnn2c1CCCC2. The molecule has 5 heteroatoms. The van der Waals surface area contributed by atoms with Crippen molar-refractivity contribution in [3.63, 3.8) is 0 Å². The fourth-order valence-electron chi connectivity index (χ4n) is 3.60. The molecule has 0 saturated carbocycles. The third kappa shape index (κ3) is 2.87. The lowest BCUT2D eigenvalue weighted by atomic mass is 9.96. The zero-order valence-corrected chi connectivity index (χ0v) is 13.3. The maximum atomic E-state index is 12.4. The van der Waals surface area contributed by atoms with Gasteiger partial charge >= 0.3 is 0 Å². The van der Waals surface area contributed by atoms with Gasteiger partial charge in [-0.1, -0.05) is 6.07 Å². The van der Waals surface area contributed by atoms with Crippen LogP contribution in [0.2, 0.25) is 0 Å². The van der Waals surface area contributed by atoms with Crippen LogP contribution in [0, 0.1) is 0 Å². The van der Waals surface area contributed by atoms with E-state index in [4.69, 9.17) is 4.98 Å². The van der Waals surface area contributed by atoms with Gasteiger partial charge in [-0.2, -0.15) is 5.10 Å². The lowest BCUT2D eigenvalue weighted by molar-refractivity contribution is 0.0949. The zero-order valence-electron chi connectivity index (χ0n) is 13.3. The van der Waals surface area contributed by atoms with Gasteiger partial charge in [0, 0.05) is 12.2 Å². The van der Waals surface area contributed by atoms with Crippen molar-refractivity contribution in [3.8, 4) is 0 Å². The van der Waals surface area contributed by atoms with E-state index in [0.29, 0.717) is 6.54 Å². The third-order valence-electron chi connectivity index (χ3n) is 4.89. The first-order valence-corrected chi connectivity index (χ1v) is 8.62. The number of carbonyl (C=O) groups is 1. The number of fused-ring (bicyclic) bond motifs is 2. The van der Waals surface area contributed by atoms with E-state index in [-0.39, 0.29) is 5.91 Å². The summed E-state index contributed by atoms with van der Waals surface area (Å²) in [5.41, 5.74) is 5.33. The largest absolute Gasteiger partial charge is 0.346 e. The second-order valence-corrected chi connectivity index (χ2v) is 6.48. The van der Waals surface area contributed by atoms with Gasteiger partial charge in [0.05, 0.1) is 29.7 Å². The molecule has 0 saturated heterocycles. The number of hydrogen-bond donors (Lipinski definition) is 1. The molecule has 0 aromatic carbocycles. The summed E-state index contributed by atoms with van der Waals surface area (Å²) in [5, 5.41) is 7.33. The van der Waals surface area contributed by atoms with Crippen molar-refractivity contribution in [2.24, 2.45) is 0 Å². The van der Waals surface area contributed by atoms with Crippen molar-refractivity contribution < 1.29 is 4.79 Å². The Morgan fingerprint density at radius 3 is 2.96 bits per heavy atom. The number of nitrogens with one attached hydrogen (secondary N) is 1. The van der Waals surface area contributed by atoms with E-state index < -0.39 is 0 Å². The van der Waals surface area contributed by atoms with Crippen LogP contribution in [0.3, 0.4) is 0 Å². The van der Waals surface area contributed by atoms with Gasteiger partial charge in [-0.25, -0.2) is 0 Å². The maximum Gasteiger partial charge on any atom is 0.255 e. The van der Waals surface area contributed by atoms with E-state index in [0.717, 1.165) is 55.6 Å². The molecule has 23 heavy (non-hydrogen) atoms. The van der Waals surface area contributed by atoms with Crippen molar-refractivity contribution in [3.05, 3.63) is 46.5 Å². The molecular weight excluding hydrogens is 288 g/mol. The first-order valence-electron chi connectivity index (χ1n) is 8.62. The molecule has 0 fully saturated rings. The average molecular weight is 310 g/mol. The molecule has 2 aromatic rings. The summed E-state index contributed by atoms with van der Waals surface area (Å²) >= 11 is 0. The Morgan fingerprint density at radius 1 is 1.13 bits per heavy atom. The third-order valence-corrected chi connectivity index (χ3v) is 4.89. The Hall–Kier alpha value is -2.17. The van der Waals surface area contributed by atoms with Crippen molar-refractivity contribution in [1.82, 2.24) is 20.1 Å². The molecule has 1 N–H and O–H groups in total. The fourth-order valence-corrected chi connectivity index (χ4v) is 3.60. The standard InChI is InChI=1S/C18H22N4O/c23-18(15-12-20-22-10-4-3-7-17(15)22)19-11-14-9-8-13-5-1-2-6-16(13)21-14/h8-9,12H,1-7,10-11H2,(H,19,23). The molecule has 1 aliphatic carbocycles. The summed E-state index contributed by atoms with van der Waals surface area (Å²) < 4.78 is 1.97. The normalized spacial score (nSPS) is 16.5. The first-order chi connectivity index (χ1) is 11.3. The van der Waals surface area contributed by atoms with Crippen LogP contribution in [0.25, 0.3) is 0 Å². The number of hydrogen-bond acceptors (Lipinski definition) is 3. The highest BCUT2D eigenvalue weighted by Gasteiger charge is 2.19. The minimum absolute atomic E-state index is 0.0346. The molecule has 0 radical (unpaired) electrons. The number of nitrogens with zero attached hydrogens (tertiary/aromatic N) is 3. The average Bonchev–Trinajstić information content (AvgIpc) is 3.03. The second-order valence-electron chi connectivity index (χ2n) is 6.48. The summed E-state index contributed by atoms with van der Waals surface area (Å²) in [6, 6.07) is 4.21.